The van der Waals surface area contributed by atoms with E-state index in [1.165, 1.54) is 0 Å². The van der Waals surface area contributed by atoms with Gasteiger partial charge in [0.15, 0.2) is 0 Å². The topological polar surface area (TPSA) is 12.4 Å². The van der Waals surface area contributed by atoms with Crippen molar-refractivity contribution in [2.24, 2.45) is 4.99 Å². The van der Waals surface area contributed by atoms with Crippen LogP contribution in [0.1, 0.15) is 26.7 Å². The number of nitrogens with zero attached hydrogens (tertiary/aromatic N) is 1. The molecule has 0 atom stereocenters. The Morgan fingerprint density at radius 1 is 1.20 bits per heavy atom. The monoisotopic (exact) mass is 137 g/mol. The average Bonchev–Trinajstić information content (AvgIpc) is 1.97. The van der Waals surface area contributed by atoms with Crippen LogP contribution in [-0.2, 0) is 0 Å². The van der Waals surface area contributed by atoms with Crippen molar-refractivity contribution < 1.29 is 0 Å². The first kappa shape index (κ1) is 9.15. The van der Waals surface area contributed by atoms with Crippen LogP contribution in [0.25, 0.3) is 0 Å². The van der Waals surface area contributed by atoms with Gasteiger partial charge < -0.3 is 0 Å². The van der Waals surface area contributed by atoms with E-state index in [-0.39, 0.29) is 0 Å². The molecule has 0 radical (unpaired) electrons. The van der Waals surface area contributed by atoms with Crippen LogP contribution in [0.5, 0.6) is 0 Å². The van der Waals surface area contributed by atoms with Crippen LogP contribution < -0.4 is 0 Å². The lowest BCUT2D eigenvalue weighted by Gasteiger charge is -1.78. The SMILES string of the molecule is CC=NC=CC/C=C/CC. The van der Waals surface area contributed by atoms with Crippen LogP contribution in [0.15, 0.2) is 29.4 Å². The normalized spacial score (nSPS) is 12.6. The van der Waals surface area contributed by atoms with Crippen molar-refractivity contribution in [3.8, 4) is 0 Å². The number of hydrogen-bond donors (Lipinski definition) is 0. The van der Waals surface area contributed by atoms with E-state index in [9.17, 15) is 0 Å². The van der Waals surface area contributed by atoms with Crippen LogP contribution in [0.2, 0.25) is 0 Å². The van der Waals surface area contributed by atoms with Crippen molar-refractivity contribution in [3.05, 3.63) is 24.4 Å². The number of hydrogen-bond acceptors (Lipinski definition) is 1. The van der Waals surface area contributed by atoms with Crippen LogP contribution in [-0.4, -0.2) is 6.21 Å². The Morgan fingerprint density at radius 3 is 2.60 bits per heavy atom. The predicted molar refractivity (Wildman–Crippen MR) is 47.4 cm³/mol. The summed E-state index contributed by atoms with van der Waals surface area (Å²) < 4.78 is 0. The van der Waals surface area contributed by atoms with E-state index in [4.69, 9.17) is 0 Å². The summed E-state index contributed by atoms with van der Waals surface area (Å²) in [5, 5.41) is 0. The van der Waals surface area contributed by atoms with Crippen LogP contribution in [0.3, 0.4) is 0 Å². The highest BCUT2D eigenvalue weighted by molar-refractivity contribution is 5.54. The maximum Gasteiger partial charge on any atom is 0.0226 e. The van der Waals surface area contributed by atoms with E-state index >= 15 is 0 Å². The fraction of sp³-hybridized carbons (Fsp3) is 0.444. The Balaban J connectivity index is 3.26. The first-order valence-corrected chi connectivity index (χ1v) is 3.69. The molecule has 0 saturated heterocycles. The highest BCUT2D eigenvalue weighted by Gasteiger charge is 1.67. The zero-order valence-corrected chi connectivity index (χ0v) is 6.75. The Bertz CT molecular complexity index is 132. The summed E-state index contributed by atoms with van der Waals surface area (Å²) >= 11 is 0. The fourth-order valence-corrected chi connectivity index (χ4v) is 0.549. The lowest BCUT2D eigenvalue weighted by Crippen LogP contribution is -1.59. The molecule has 0 N–H and O–H groups in total. The minimum absolute atomic E-state index is 0.991. The molecule has 0 unspecified atom stereocenters. The second kappa shape index (κ2) is 8.15. The van der Waals surface area contributed by atoms with Crippen molar-refractivity contribution >= 4 is 6.21 Å². The van der Waals surface area contributed by atoms with Crippen LogP contribution in [0.4, 0.5) is 0 Å². The van der Waals surface area contributed by atoms with Gasteiger partial charge in [0.25, 0.3) is 0 Å². The second-order valence-electron chi connectivity index (χ2n) is 1.91. The number of aliphatic imine (C=N–C) groups is 1. The van der Waals surface area contributed by atoms with Crippen LogP contribution in [0, 0.1) is 0 Å². The van der Waals surface area contributed by atoms with Crippen molar-refractivity contribution in [1.29, 1.82) is 0 Å². The first-order valence-electron chi connectivity index (χ1n) is 3.69. The van der Waals surface area contributed by atoms with Gasteiger partial charge in [-0.15, -0.1) is 0 Å². The summed E-state index contributed by atoms with van der Waals surface area (Å²) in [4.78, 5) is 3.93. The van der Waals surface area contributed by atoms with Crippen molar-refractivity contribution in [1.82, 2.24) is 0 Å². The van der Waals surface area contributed by atoms with Gasteiger partial charge in [-0.05, 0) is 19.8 Å². The van der Waals surface area contributed by atoms with E-state index in [0.717, 1.165) is 12.8 Å². The Hall–Kier alpha value is -0.850. The predicted octanol–water partition coefficient (Wildman–Crippen LogP) is 2.95. The van der Waals surface area contributed by atoms with E-state index in [0.29, 0.717) is 0 Å². The molecule has 0 aliphatic carbocycles. The molecule has 0 aromatic carbocycles. The zero-order valence-electron chi connectivity index (χ0n) is 6.75. The standard InChI is InChI=1S/C9H15N/c1-3-5-6-7-8-9-10-4-2/h4-6,8-9H,3,7H2,1-2H3/b6-5+,9-8?,10-4?. The molecule has 0 heterocycles. The van der Waals surface area contributed by atoms with Gasteiger partial charge in [-0.3, -0.25) is 4.99 Å². The molecule has 0 aromatic heterocycles. The summed E-state index contributed by atoms with van der Waals surface area (Å²) in [6, 6.07) is 0. The molecule has 0 aliphatic heterocycles. The van der Waals surface area contributed by atoms with E-state index in [1.807, 2.05) is 19.2 Å². The molecule has 1 heteroatoms. The lowest BCUT2D eigenvalue weighted by atomic mass is 10.3. The van der Waals surface area contributed by atoms with Crippen molar-refractivity contribution in [2.45, 2.75) is 26.7 Å². The fourth-order valence-electron chi connectivity index (χ4n) is 0.549. The smallest absolute Gasteiger partial charge is 0.0226 e. The molecule has 0 spiro atoms. The molecule has 0 bridgehead atoms. The van der Waals surface area contributed by atoms with E-state index in [1.54, 1.807) is 6.21 Å². The Labute approximate surface area is 63.2 Å². The van der Waals surface area contributed by atoms with Gasteiger partial charge in [0.1, 0.15) is 0 Å². The summed E-state index contributed by atoms with van der Waals surface area (Å²) in [6.07, 6.45) is 12.0. The third-order valence-corrected chi connectivity index (χ3v) is 1.02. The lowest BCUT2D eigenvalue weighted by molar-refractivity contribution is 1.20. The van der Waals surface area contributed by atoms with E-state index in [2.05, 4.69) is 24.1 Å². The zero-order chi connectivity index (χ0) is 7.66. The van der Waals surface area contributed by atoms with Crippen molar-refractivity contribution in [2.75, 3.05) is 0 Å². The second-order valence-corrected chi connectivity index (χ2v) is 1.91. The highest BCUT2D eigenvalue weighted by atomic mass is 14.6. The number of rotatable bonds is 4. The molecule has 0 aliphatic rings. The quantitative estimate of drug-likeness (QED) is 0.417. The van der Waals surface area contributed by atoms with Gasteiger partial charge in [-0.2, -0.15) is 0 Å². The first-order chi connectivity index (χ1) is 4.91. The maximum atomic E-state index is 3.93. The Morgan fingerprint density at radius 2 is 2.00 bits per heavy atom. The summed E-state index contributed by atoms with van der Waals surface area (Å²) in [5.41, 5.74) is 0. The molecule has 1 nitrogen and oxygen atoms in total. The summed E-state index contributed by atoms with van der Waals surface area (Å²) in [5.74, 6) is 0. The van der Waals surface area contributed by atoms with E-state index < -0.39 is 0 Å². The third-order valence-electron chi connectivity index (χ3n) is 1.02. The van der Waals surface area contributed by atoms with Gasteiger partial charge in [0.05, 0.1) is 0 Å². The molecule has 0 amide bonds. The van der Waals surface area contributed by atoms with Gasteiger partial charge in [-0.1, -0.05) is 25.2 Å². The van der Waals surface area contributed by atoms with Gasteiger partial charge in [0, 0.05) is 12.4 Å². The average molecular weight is 137 g/mol. The molecular weight excluding hydrogens is 122 g/mol. The maximum absolute atomic E-state index is 3.93. The minimum atomic E-state index is 0.991. The molecule has 0 fully saturated rings. The molecule has 0 saturated carbocycles. The molecule has 10 heavy (non-hydrogen) atoms. The van der Waals surface area contributed by atoms with Gasteiger partial charge in [-0.25, -0.2) is 0 Å². The molecule has 0 aromatic rings. The Kier molecular flexibility index (Phi) is 7.46. The molecule has 0 rings (SSSR count). The van der Waals surface area contributed by atoms with Crippen molar-refractivity contribution in [3.63, 3.8) is 0 Å². The largest absolute Gasteiger partial charge is 0.270 e. The minimum Gasteiger partial charge on any atom is -0.270 e. The number of allylic oxidation sites excluding steroid dienone is 3. The van der Waals surface area contributed by atoms with Gasteiger partial charge >= 0.3 is 0 Å². The summed E-state index contributed by atoms with van der Waals surface area (Å²) in [7, 11) is 0. The highest BCUT2D eigenvalue weighted by Crippen LogP contribution is 1.87. The summed E-state index contributed by atoms with van der Waals surface area (Å²) in [6.45, 7) is 4.04. The van der Waals surface area contributed by atoms with Crippen LogP contribution >= 0.6 is 0 Å². The molecular formula is C9H15N. The third kappa shape index (κ3) is 7.15. The molecule has 56 valence electrons. The van der Waals surface area contributed by atoms with Gasteiger partial charge in [0.2, 0.25) is 0 Å².